The number of carbonyl (C=O) groups excluding carboxylic acids is 1. The first kappa shape index (κ1) is 19.7. The summed E-state index contributed by atoms with van der Waals surface area (Å²) in [6.45, 7) is 0. The molecule has 3 rings (SSSR count). The van der Waals surface area contributed by atoms with Crippen LogP contribution >= 0.6 is 11.6 Å². The van der Waals surface area contributed by atoms with E-state index in [1.165, 1.54) is 48.5 Å². The average molecular weight is 420 g/mol. The van der Waals surface area contributed by atoms with Gasteiger partial charge in [0.25, 0.3) is 10.0 Å². The van der Waals surface area contributed by atoms with E-state index in [-0.39, 0.29) is 15.6 Å². The third-order valence-corrected chi connectivity index (χ3v) is 5.35. The van der Waals surface area contributed by atoms with E-state index >= 15 is 0 Å². The summed E-state index contributed by atoms with van der Waals surface area (Å²) >= 11 is 5.97. The SMILES string of the molecule is O=C(Nc1ccc(F)cc1)Nc1ccc(S(=O)(=O)Nc2ccccc2Cl)cc1. The number of urea groups is 1. The molecule has 144 valence electrons. The van der Waals surface area contributed by atoms with Gasteiger partial charge in [0, 0.05) is 11.4 Å². The first-order valence-corrected chi connectivity index (χ1v) is 9.90. The van der Waals surface area contributed by atoms with Crippen LogP contribution in [0.4, 0.5) is 26.2 Å². The molecular weight excluding hydrogens is 405 g/mol. The zero-order chi connectivity index (χ0) is 20.1. The smallest absolute Gasteiger partial charge is 0.308 e. The third-order valence-electron chi connectivity index (χ3n) is 3.64. The normalized spacial score (nSPS) is 10.9. The summed E-state index contributed by atoms with van der Waals surface area (Å²) in [5.74, 6) is -0.409. The van der Waals surface area contributed by atoms with Gasteiger partial charge in [0.05, 0.1) is 15.6 Å². The molecule has 3 aromatic carbocycles. The zero-order valence-corrected chi connectivity index (χ0v) is 15.9. The highest BCUT2D eigenvalue weighted by atomic mass is 35.5. The molecule has 6 nitrogen and oxygen atoms in total. The van der Waals surface area contributed by atoms with E-state index in [0.717, 1.165) is 0 Å². The predicted octanol–water partition coefficient (Wildman–Crippen LogP) is 4.92. The Morgan fingerprint density at radius 3 is 1.93 bits per heavy atom. The molecule has 3 N–H and O–H groups in total. The molecule has 0 aliphatic carbocycles. The number of benzene rings is 3. The van der Waals surface area contributed by atoms with E-state index in [1.807, 2.05) is 0 Å². The molecule has 0 fully saturated rings. The maximum atomic E-state index is 12.9. The second-order valence-electron chi connectivity index (χ2n) is 5.70. The van der Waals surface area contributed by atoms with E-state index in [9.17, 15) is 17.6 Å². The van der Waals surface area contributed by atoms with Crippen LogP contribution in [0.25, 0.3) is 0 Å². The van der Waals surface area contributed by atoms with E-state index in [2.05, 4.69) is 15.4 Å². The Hall–Kier alpha value is -3.10. The number of halogens is 2. The van der Waals surface area contributed by atoms with E-state index in [4.69, 9.17) is 11.6 Å². The van der Waals surface area contributed by atoms with Crippen LogP contribution in [-0.2, 0) is 10.0 Å². The maximum absolute atomic E-state index is 12.9. The topological polar surface area (TPSA) is 87.3 Å². The Morgan fingerprint density at radius 2 is 1.36 bits per heavy atom. The fourth-order valence-electron chi connectivity index (χ4n) is 2.29. The van der Waals surface area contributed by atoms with Gasteiger partial charge in [-0.2, -0.15) is 0 Å². The number of hydrogen-bond donors (Lipinski definition) is 3. The zero-order valence-electron chi connectivity index (χ0n) is 14.3. The lowest BCUT2D eigenvalue weighted by Gasteiger charge is -2.11. The van der Waals surface area contributed by atoms with Crippen molar-refractivity contribution in [2.45, 2.75) is 4.90 Å². The molecule has 0 radical (unpaired) electrons. The fraction of sp³-hybridized carbons (Fsp3) is 0. The highest BCUT2D eigenvalue weighted by molar-refractivity contribution is 7.92. The maximum Gasteiger partial charge on any atom is 0.323 e. The summed E-state index contributed by atoms with van der Waals surface area (Å²) in [5.41, 5.74) is 1.07. The molecule has 0 aliphatic rings. The number of rotatable bonds is 5. The molecule has 2 amide bonds. The van der Waals surface area contributed by atoms with E-state index in [0.29, 0.717) is 11.4 Å². The second-order valence-corrected chi connectivity index (χ2v) is 7.79. The number of sulfonamides is 1. The molecule has 3 aromatic rings. The van der Waals surface area contributed by atoms with Crippen molar-refractivity contribution in [2.75, 3.05) is 15.4 Å². The molecule has 0 aromatic heterocycles. The van der Waals surface area contributed by atoms with Crippen molar-refractivity contribution in [1.29, 1.82) is 0 Å². The van der Waals surface area contributed by atoms with Gasteiger partial charge in [-0.25, -0.2) is 17.6 Å². The summed E-state index contributed by atoms with van der Waals surface area (Å²) in [7, 11) is -3.83. The van der Waals surface area contributed by atoms with Crippen molar-refractivity contribution >= 4 is 44.7 Å². The lowest BCUT2D eigenvalue weighted by atomic mass is 10.3. The van der Waals surface area contributed by atoms with Crippen LogP contribution in [0.1, 0.15) is 0 Å². The van der Waals surface area contributed by atoms with Crippen LogP contribution in [0.15, 0.2) is 77.7 Å². The summed E-state index contributed by atoms with van der Waals surface area (Å²) in [4.78, 5) is 12.0. The molecule has 0 saturated carbocycles. The van der Waals surface area contributed by atoms with Crippen molar-refractivity contribution in [2.24, 2.45) is 0 Å². The van der Waals surface area contributed by atoms with Gasteiger partial charge in [0.2, 0.25) is 0 Å². The first-order chi connectivity index (χ1) is 13.3. The molecule has 9 heteroatoms. The number of carbonyl (C=O) groups is 1. The second kappa shape index (κ2) is 8.28. The van der Waals surface area contributed by atoms with Crippen LogP contribution in [0.2, 0.25) is 5.02 Å². The van der Waals surface area contributed by atoms with Gasteiger partial charge in [-0.3, -0.25) is 4.72 Å². The number of amides is 2. The molecule has 0 bridgehead atoms. The lowest BCUT2D eigenvalue weighted by molar-refractivity contribution is 0.262. The highest BCUT2D eigenvalue weighted by Crippen LogP contribution is 2.24. The van der Waals surface area contributed by atoms with Gasteiger partial charge in [0.15, 0.2) is 0 Å². The number of anilines is 3. The minimum Gasteiger partial charge on any atom is -0.308 e. The van der Waals surface area contributed by atoms with E-state index < -0.39 is 21.9 Å². The van der Waals surface area contributed by atoms with E-state index in [1.54, 1.807) is 24.3 Å². The molecule has 0 atom stereocenters. The predicted molar refractivity (Wildman–Crippen MR) is 108 cm³/mol. The van der Waals surface area contributed by atoms with Gasteiger partial charge >= 0.3 is 6.03 Å². The molecule has 0 aliphatic heterocycles. The minimum absolute atomic E-state index is 0.0110. The highest BCUT2D eigenvalue weighted by Gasteiger charge is 2.15. The first-order valence-electron chi connectivity index (χ1n) is 8.04. The summed E-state index contributed by atoms with van der Waals surface area (Å²) in [6.07, 6.45) is 0. The number of para-hydroxylation sites is 1. The minimum atomic E-state index is -3.83. The van der Waals surface area contributed by atoms with Crippen LogP contribution in [0, 0.1) is 5.82 Å². The van der Waals surface area contributed by atoms with Crippen molar-refractivity contribution < 1.29 is 17.6 Å². The van der Waals surface area contributed by atoms with Crippen LogP contribution in [-0.4, -0.2) is 14.4 Å². The fourth-order valence-corrected chi connectivity index (χ4v) is 3.61. The third kappa shape index (κ3) is 4.99. The molecule has 0 saturated heterocycles. The van der Waals surface area contributed by atoms with Crippen molar-refractivity contribution in [3.63, 3.8) is 0 Å². The Kier molecular flexibility index (Phi) is 5.81. The molecule has 0 heterocycles. The van der Waals surface area contributed by atoms with Crippen molar-refractivity contribution in [1.82, 2.24) is 0 Å². The number of nitrogens with one attached hydrogen (secondary N) is 3. The van der Waals surface area contributed by atoms with Gasteiger partial charge in [-0.1, -0.05) is 23.7 Å². The quantitative estimate of drug-likeness (QED) is 0.548. The monoisotopic (exact) mass is 419 g/mol. The van der Waals surface area contributed by atoms with Crippen LogP contribution in [0.5, 0.6) is 0 Å². The molecule has 0 unspecified atom stereocenters. The summed E-state index contributed by atoms with van der Waals surface area (Å²) in [5, 5.41) is 5.38. The van der Waals surface area contributed by atoms with Crippen LogP contribution < -0.4 is 15.4 Å². The molecular formula is C19H15ClFN3O3S. The van der Waals surface area contributed by atoms with Gasteiger partial charge in [0.1, 0.15) is 5.82 Å². The molecule has 0 spiro atoms. The largest absolute Gasteiger partial charge is 0.323 e. The number of hydrogen-bond acceptors (Lipinski definition) is 3. The Labute approximate surface area is 166 Å². The Morgan fingerprint density at radius 1 is 0.821 bits per heavy atom. The Balaban J connectivity index is 1.66. The summed E-state index contributed by atoms with van der Waals surface area (Å²) < 4.78 is 40.2. The van der Waals surface area contributed by atoms with Gasteiger partial charge < -0.3 is 10.6 Å². The summed E-state index contributed by atoms with van der Waals surface area (Å²) in [6, 6.07) is 16.8. The Bertz CT molecular complexity index is 1090. The van der Waals surface area contributed by atoms with Crippen LogP contribution in [0.3, 0.4) is 0 Å². The average Bonchev–Trinajstić information content (AvgIpc) is 2.66. The van der Waals surface area contributed by atoms with Crippen molar-refractivity contribution in [3.8, 4) is 0 Å². The standard InChI is InChI=1S/C19H15ClFN3O3S/c20-17-3-1-2-4-18(17)24-28(26,27)16-11-9-15(10-12-16)23-19(25)22-14-7-5-13(21)6-8-14/h1-12,24H,(H2,22,23,25). The lowest BCUT2D eigenvalue weighted by Crippen LogP contribution is -2.19. The van der Waals surface area contributed by atoms with Gasteiger partial charge in [-0.15, -0.1) is 0 Å². The van der Waals surface area contributed by atoms with Crippen molar-refractivity contribution in [3.05, 3.63) is 83.6 Å². The van der Waals surface area contributed by atoms with Gasteiger partial charge in [-0.05, 0) is 60.7 Å². The molecule has 28 heavy (non-hydrogen) atoms.